The molecule has 0 aromatic carbocycles. The third-order valence-corrected chi connectivity index (χ3v) is 3.11. The minimum atomic E-state index is -0.854. The normalized spacial score (nSPS) is 41.8. The molecule has 1 amide bonds. The van der Waals surface area contributed by atoms with Crippen molar-refractivity contribution in [1.82, 2.24) is 5.32 Å². The third kappa shape index (κ3) is 1.22. The first-order valence-corrected chi connectivity index (χ1v) is 4.74. The Morgan fingerprint density at radius 3 is 3.08 bits per heavy atom. The molecule has 0 aromatic rings. The number of aliphatic hydroxyl groups is 1. The van der Waals surface area contributed by atoms with Gasteiger partial charge in [-0.05, 0) is 25.7 Å². The molecule has 12 heavy (non-hydrogen) atoms. The number of rotatable bonds is 0. The number of amides is 1. The molecule has 1 heterocycles. The maximum atomic E-state index is 11.1. The van der Waals surface area contributed by atoms with Gasteiger partial charge in [-0.2, -0.15) is 0 Å². The van der Waals surface area contributed by atoms with E-state index in [0.29, 0.717) is 12.3 Å². The number of nitrogens with one attached hydrogen (secondary N) is 1. The molecule has 0 spiro atoms. The summed E-state index contributed by atoms with van der Waals surface area (Å²) in [5.74, 6) is 0.319. The zero-order chi connectivity index (χ0) is 8.60. The van der Waals surface area contributed by atoms with E-state index in [1.165, 1.54) is 6.42 Å². The van der Waals surface area contributed by atoms with Crippen molar-refractivity contribution >= 4 is 5.91 Å². The van der Waals surface area contributed by atoms with Gasteiger partial charge in [0.05, 0.1) is 0 Å². The molecular formula is C9H15NO2. The van der Waals surface area contributed by atoms with Crippen molar-refractivity contribution < 1.29 is 9.90 Å². The molecule has 1 saturated heterocycles. The zero-order valence-corrected chi connectivity index (χ0v) is 7.18. The fraction of sp³-hybridized carbons (Fsp3) is 0.889. The standard InChI is InChI=1S/C9H15NO2/c11-8-5-4-7-3-1-2-6-9(7,12)10-8/h7,12H,1-6H2,(H,10,11)/t7-,9-/m0/s1. The highest BCUT2D eigenvalue weighted by Crippen LogP contribution is 2.37. The summed E-state index contributed by atoms with van der Waals surface area (Å²) in [5, 5.41) is 12.7. The topological polar surface area (TPSA) is 49.3 Å². The lowest BCUT2D eigenvalue weighted by Gasteiger charge is -2.43. The highest BCUT2D eigenvalue weighted by molar-refractivity contribution is 5.77. The summed E-state index contributed by atoms with van der Waals surface area (Å²) in [6, 6.07) is 0. The molecule has 1 aliphatic heterocycles. The van der Waals surface area contributed by atoms with E-state index in [1.807, 2.05) is 0 Å². The first-order chi connectivity index (χ1) is 5.71. The van der Waals surface area contributed by atoms with Crippen LogP contribution in [0.4, 0.5) is 0 Å². The molecule has 2 atom stereocenters. The maximum Gasteiger partial charge on any atom is 0.222 e. The summed E-state index contributed by atoms with van der Waals surface area (Å²) >= 11 is 0. The van der Waals surface area contributed by atoms with Crippen LogP contribution in [0, 0.1) is 5.92 Å². The van der Waals surface area contributed by atoms with Crippen molar-refractivity contribution in [3.05, 3.63) is 0 Å². The Bertz CT molecular complexity index is 205. The van der Waals surface area contributed by atoms with Crippen LogP contribution in [0.3, 0.4) is 0 Å². The molecule has 0 unspecified atom stereocenters. The van der Waals surface area contributed by atoms with E-state index >= 15 is 0 Å². The highest BCUT2D eigenvalue weighted by Gasteiger charge is 2.42. The molecule has 2 aliphatic rings. The zero-order valence-electron chi connectivity index (χ0n) is 7.18. The summed E-state index contributed by atoms with van der Waals surface area (Å²) in [7, 11) is 0. The van der Waals surface area contributed by atoms with E-state index in [4.69, 9.17) is 0 Å². The summed E-state index contributed by atoms with van der Waals surface area (Å²) in [4.78, 5) is 11.1. The molecule has 0 bridgehead atoms. The minimum absolute atomic E-state index is 0.00986. The van der Waals surface area contributed by atoms with Crippen LogP contribution in [0.1, 0.15) is 38.5 Å². The second-order valence-electron chi connectivity index (χ2n) is 3.95. The van der Waals surface area contributed by atoms with Gasteiger partial charge in [0.1, 0.15) is 5.72 Å². The van der Waals surface area contributed by atoms with Crippen molar-refractivity contribution in [2.45, 2.75) is 44.2 Å². The maximum absolute atomic E-state index is 11.1. The van der Waals surface area contributed by atoms with Crippen molar-refractivity contribution in [2.75, 3.05) is 0 Å². The predicted octanol–water partition coefficient (Wildman–Crippen LogP) is 0.775. The fourth-order valence-corrected chi connectivity index (χ4v) is 2.39. The van der Waals surface area contributed by atoms with Gasteiger partial charge in [-0.1, -0.05) is 6.42 Å². The monoisotopic (exact) mass is 169 g/mol. The largest absolute Gasteiger partial charge is 0.371 e. The van der Waals surface area contributed by atoms with E-state index in [1.54, 1.807) is 0 Å². The summed E-state index contributed by atoms with van der Waals surface area (Å²) in [6.07, 6.45) is 5.49. The molecule has 1 aliphatic carbocycles. The van der Waals surface area contributed by atoms with Gasteiger partial charge in [0.15, 0.2) is 0 Å². The summed E-state index contributed by atoms with van der Waals surface area (Å²) in [5.41, 5.74) is -0.854. The van der Waals surface area contributed by atoms with Crippen LogP contribution in [0.15, 0.2) is 0 Å². The van der Waals surface area contributed by atoms with E-state index in [9.17, 15) is 9.90 Å². The van der Waals surface area contributed by atoms with Gasteiger partial charge in [-0.3, -0.25) is 4.79 Å². The fourth-order valence-electron chi connectivity index (χ4n) is 2.39. The molecule has 68 valence electrons. The molecule has 2 N–H and O–H groups in total. The van der Waals surface area contributed by atoms with Gasteiger partial charge in [0.25, 0.3) is 0 Å². The van der Waals surface area contributed by atoms with Crippen LogP contribution < -0.4 is 5.32 Å². The van der Waals surface area contributed by atoms with E-state index in [0.717, 1.165) is 25.7 Å². The van der Waals surface area contributed by atoms with Gasteiger partial charge in [0, 0.05) is 12.3 Å². The quantitative estimate of drug-likeness (QED) is 0.563. The van der Waals surface area contributed by atoms with Gasteiger partial charge >= 0.3 is 0 Å². The van der Waals surface area contributed by atoms with Gasteiger partial charge < -0.3 is 10.4 Å². The van der Waals surface area contributed by atoms with Crippen LogP contribution in [0.2, 0.25) is 0 Å². The molecule has 0 radical (unpaired) electrons. The molecule has 2 fully saturated rings. The summed E-state index contributed by atoms with van der Waals surface area (Å²) < 4.78 is 0. The van der Waals surface area contributed by atoms with Gasteiger partial charge in [-0.15, -0.1) is 0 Å². The van der Waals surface area contributed by atoms with Crippen LogP contribution in [-0.4, -0.2) is 16.7 Å². The Balaban J connectivity index is 2.12. The molecule has 0 aromatic heterocycles. The Hall–Kier alpha value is -0.570. The smallest absolute Gasteiger partial charge is 0.222 e. The molecular weight excluding hydrogens is 154 g/mol. The van der Waals surface area contributed by atoms with E-state index < -0.39 is 5.72 Å². The van der Waals surface area contributed by atoms with E-state index in [-0.39, 0.29) is 5.91 Å². The van der Waals surface area contributed by atoms with Crippen molar-refractivity contribution in [3.63, 3.8) is 0 Å². The second-order valence-corrected chi connectivity index (χ2v) is 3.95. The van der Waals surface area contributed by atoms with E-state index in [2.05, 4.69) is 5.32 Å². The SMILES string of the molecule is O=C1CC[C@@H]2CCCC[C@@]2(O)N1. The summed E-state index contributed by atoms with van der Waals surface area (Å²) in [6.45, 7) is 0. The van der Waals surface area contributed by atoms with Gasteiger partial charge in [-0.25, -0.2) is 0 Å². The number of carbonyl (C=O) groups is 1. The second kappa shape index (κ2) is 2.73. The van der Waals surface area contributed by atoms with Gasteiger partial charge in [0.2, 0.25) is 5.91 Å². The van der Waals surface area contributed by atoms with Crippen LogP contribution >= 0.6 is 0 Å². The molecule has 1 saturated carbocycles. The predicted molar refractivity (Wildman–Crippen MR) is 44.3 cm³/mol. The lowest BCUT2D eigenvalue weighted by atomic mass is 9.76. The number of fused-ring (bicyclic) bond motifs is 1. The first-order valence-electron chi connectivity index (χ1n) is 4.74. The number of hydrogen-bond donors (Lipinski definition) is 2. The Kier molecular flexibility index (Phi) is 1.83. The first kappa shape index (κ1) is 8.05. The van der Waals surface area contributed by atoms with Crippen molar-refractivity contribution in [3.8, 4) is 0 Å². The highest BCUT2D eigenvalue weighted by atomic mass is 16.3. The van der Waals surface area contributed by atoms with Crippen LogP contribution in [-0.2, 0) is 4.79 Å². The lowest BCUT2D eigenvalue weighted by molar-refractivity contribution is -0.146. The van der Waals surface area contributed by atoms with Crippen LogP contribution in [0.25, 0.3) is 0 Å². The number of carbonyl (C=O) groups excluding carboxylic acids is 1. The lowest BCUT2D eigenvalue weighted by Crippen LogP contribution is -2.58. The average Bonchev–Trinajstić information content (AvgIpc) is 2.02. The van der Waals surface area contributed by atoms with Crippen molar-refractivity contribution in [1.29, 1.82) is 0 Å². The van der Waals surface area contributed by atoms with Crippen molar-refractivity contribution in [2.24, 2.45) is 5.92 Å². The minimum Gasteiger partial charge on any atom is -0.371 e. The Morgan fingerprint density at radius 1 is 1.42 bits per heavy atom. The Morgan fingerprint density at radius 2 is 2.25 bits per heavy atom. The number of hydrogen-bond acceptors (Lipinski definition) is 2. The number of piperidine rings is 1. The third-order valence-electron chi connectivity index (χ3n) is 3.11. The molecule has 3 nitrogen and oxygen atoms in total. The Labute approximate surface area is 72.2 Å². The molecule has 3 heteroatoms. The average molecular weight is 169 g/mol. The molecule has 2 rings (SSSR count). The van der Waals surface area contributed by atoms with Crippen LogP contribution in [0.5, 0.6) is 0 Å².